The lowest BCUT2D eigenvalue weighted by Crippen LogP contribution is -2.04. The second kappa shape index (κ2) is 5.90. The maximum absolute atomic E-state index is 10.7. The number of rotatable bonds is 2. The van der Waals surface area contributed by atoms with E-state index in [1.54, 1.807) is 0 Å². The molecular formula is C7H7Cl2NO2S2. The zero-order chi connectivity index (χ0) is 10.6. The van der Waals surface area contributed by atoms with Crippen molar-refractivity contribution in [2.75, 3.05) is 11.5 Å². The van der Waals surface area contributed by atoms with E-state index in [4.69, 9.17) is 23.2 Å². The van der Waals surface area contributed by atoms with Crippen molar-refractivity contribution in [2.24, 2.45) is 0 Å². The fraction of sp³-hybridized carbons (Fsp3) is 0.429. The van der Waals surface area contributed by atoms with Crippen LogP contribution in [0.1, 0.15) is 6.42 Å². The van der Waals surface area contributed by atoms with Gasteiger partial charge < -0.3 is 0 Å². The summed E-state index contributed by atoms with van der Waals surface area (Å²) in [5.74, 6) is 1.79. The Bertz CT molecular complexity index is 296. The van der Waals surface area contributed by atoms with Crippen molar-refractivity contribution < 1.29 is 4.92 Å². The summed E-state index contributed by atoms with van der Waals surface area (Å²) in [7, 11) is 0. The lowest BCUT2D eigenvalue weighted by molar-refractivity contribution is -0.419. The molecule has 0 amide bonds. The molecule has 0 aromatic rings. The third kappa shape index (κ3) is 3.08. The number of nitrogens with zero attached hydrogens (tertiary/aromatic N) is 1. The minimum atomic E-state index is -0.484. The zero-order valence-electron chi connectivity index (χ0n) is 7.03. The van der Waals surface area contributed by atoms with E-state index in [9.17, 15) is 10.1 Å². The van der Waals surface area contributed by atoms with Crippen LogP contribution in [0.5, 0.6) is 0 Å². The van der Waals surface area contributed by atoms with E-state index < -0.39 is 4.92 Å². The second-order valence-corrected chi connectivity index (χ2v) is 5.49. The molecule has 0 aromatic heterocycles. The largest absolute Gasteiger partial charge is 0.308 e. The topological polar surface area (TPSA) is 43.1 Å². The van der Waals surface area contributed by atoms with Crippen LogP contribution in [0.4, 0.5) is 0 Å². The van der Waals surface area contributed by atoms with Crippen molar-refractivity contribution in [3.05, 3.63) is 30.6 Å². The molecule has 0 atom stereocenters. The average molecular weight is 272 g/mol. The van der Waals surface area contributed by atoms with Gasteiger partial charge in [-0.1, -0.05) is 23.2 Å². The van der Waals surface area contributed by atoms with E-state index in [1.807, 2.05) is 0 Å². The Balaban J connectivity index is 3.00. The van der Waals surface area contributed by atoms with Crippen molar-refractivity contribution in [3.63, 3.8) is 0 Å². The smallest absolute Gasteiger partial charge is 0.258 e. The van der Waals surface area contributed by atoms with Gasteiger partial charge in [-0.2, -0.15) is 0 Å². The van der Waals surface area contributed by atoms with Crippen molar-refractivity contribution in [3.8, 4) is 0 Å². The lowest BCUT2D eigenvalue weighted by Gasteiger charge is -2.12. The molecule has 0 saturated carbocycles. The Morgan fingerprint density at radius 1 is 1.50 bits per heavy atom. The van der Waals surface area contributed by atoms with Crippen molar-refractivity contribution in [2.45, 2.75) is 6.42 Å². The number of thioether (sulfide) groups is 2. The summed E-state index contributed by atoms with van der Waals surface area (Å²) in [6, 6.07) is 0. The third-order valence-electron chi connectivity index (χ3n) is 1.45. The van der Waals surface area contributed by atoms with Crippen LogP contribution in [-0.2, 0) is 0 Å². The molecule has 0 N–H and O–H groups in total. The molecule has 1 saturated heterocycles. The molecule has 0 bridgehead atoms. The normalized spacial score (nSPS) is 18.1. The third-order valence-corrected chi connectivity index (χ3v) is 4.67. The van der Waals surface area contributed by atoms with Crippen LogP contribution in [0.2, 0.25) is 0 Å². The molecule has 0 radical (unpaired) electrons. The van der Waals surface area contributed by atoms with Gasteiger partial charge in [0.2, 0.25) is 0 Å². The first-order chi connectivity index (χ1) is 6.66. The molecule has 0 unspecified atom stereocenters. The predicted octanol–water partition coefficient (Wildman–Crippen LogP) is 3.62. The quantitative estimate of drug-likeness (QED) is 0.568. The molecule has 7 heteroatoms. The monoisotopic (exact) mass is 271 g/mol. The molecule has 1 aliphatic rings. The van der Waals surface area contributed by atoms with Crippen LogP contribution in [-0.4, -0.2) is 16.4 Å². The fourth-order valence-corrected chi connectivity index (χ4v) is 3.86. The SMILES string of the molecule is O=[N+]([O-])C(=C1SCCCS1)/C(Cl)=C/Cl. The second-order valence-electron chi connectivity index (χ2n) is 2.40. The molecule has 78 valence electrons. The van der Waals surface area contributed by atoms with Crippen LogP contribution in [0.15, 0.2) is 20.5 Å². The number of hydrogen-bond donors (Lipinski definition) is 0. The highest BCUT2D eigenvalue weighted by Gasteiger charge is 2.24. The summed E-state index contributed by atoms with van der Waals surface area (Å²) < 4.78 is 0.656. The van der Waals surface area contributed by atoms with E-state index in [2.05, 4.69) is 0 Å². The van der Waals surface area contributed by atoms with Crippen molar-refractivity contribution in [1.29, 1.82) is 0 Å². The molecule has 1 aliphatic heterocycles. The van der Waals surface area contributed by atoms with Gasteiger partial charge in [0.05, 0.1) is 4.92 Å². The maximum atomic E-state index is 10.7. The highest BCUT2D eigenvalue weighted by molar-refractivity contribution is 8.22. The van der Waals surface area contributed by atoms with Crippen molar-refractivity contribution in [1.82, 2.24) is 0 Å². The first-order valence-electron chi connectivity index (χ1n) is 3.77. The Labute approximate surface area is 100 Å². The Morgan fingerprint density at radius 2 is 2.07 bits per heavy atom. The molecule has 3 nitrogen and oxygen atoms in total. The Hall–Kier alpha value is 0.160. The summed E-state index contributed by atoms with van der Waals surface area (Å²) in [4.78, 5) is 10.3. The van der Waals surface area contributed by atoms with Gasteiger partial charge in [-0.15, -0.1) is 23.5 Å². The van der Waals surface area contributed by atoms with Crippen LogP contribution in [0, 0.1) is 10.1 Å². The summed E-state index contributed by atoms with van der Waals surface area (Å²) in [6.07, 6.45) is 1.06. The van der Waals surface area contributed by atoms with Gasteiger partial charge in [-0.05, 0) is 17.9 Å². The maximum Gasteiger partial charge on any atom is 0.308 e. The van der Waals surface area contributed by atoms with Gasteiger partial charge in [0.15, 0.2) is 0 Å². The Morgan fingerprint density at radius 3 is 2.50 bits per heavy atom. The first kappa shape index (κ1) is 12.2. The summed E-state index contributed by atoms with van der Waals surface area (Å²) in [6.45, 7) is 0. The molecular weight excluding hydrogens is 265 g/mol. The van der Waals surface area contributed by atoms with E-state index in [0.717, 1.165) is 23.5 Å². The molecule has 0 aliphatic carbocycles. The number of allylic oxidation sites excluding steroid dienone is 1. The standard InChI is InChI=1S/C7H7Cl2NO2S2/c8-4-5(9)6(10(11)12)7-13-2-1-3-14-7/h4H,1-3H2/b5-4-. The zero-order valence-corrected chi connectivity index (χ0v) is 10.2. The van der Waals surface area contributed by atoms with Crippen LogP contribution in [0.3, 0.4) is 0 Å². The Kier molecular flexibility index (Phi) is 5.15. The lowest BCUT2D eigenvalue weighted by atomic mass is 10.5. The van der Waals surface area contributed by atoms with Crippen molar-refractivity contribution >= 4 is 46.7 Å². The highest BCUT2D eigenvalue weighted by Crippen LogP contribution is 2.40. The van der Waals surface area contributed by atoms with Gasteiger partial charge in [-0.25, -0.2) is 0 Å². The summed E-state index contributed by atoms with van der Waals surface area (Å²) in [5, 5.41) is 10.7. The molecule has 0 spiro atoms. The van der Waals surface area contributed by atoms with E-state index in [-0.39, 0.29) is 10.7 Å². The summed E-state index contributed by atoms with van der Waals surface area (Å²) in [5.41, 5.74) is 0.957. The molecule has 1 heterocycles. The van der Waals surface area contributed by atoms with Gasteiger partial charge in [0.25, 0.3) is 0 Å². The van der Waals surface area contributed by atoms with E-state index in [1.165, 1.54) is 23.5 Å². The van der Waals surface area contributed by atoms with Gasteiger partial charge in [0.1, 0.15) is 9.27 Å². The molecule has 14 heavy (non-hydrogen) atoms. The predicted molar refractivity (Wildman–Crippen MR) is 63.3 cm³/mol. The fourth-order valence-electron chi connectivity index (χ4n) is 0.878. The molecule has 0 aromatic carbocycles. The number of nitro groups is 1. The van der Waals surface area contributed by atoms with Crippen LogP contribution >= 0.6 is 46.7 Å². The first-order valence-corrected chi connectivity index (χ1v) is 6.56. The molecule has 1 fully saturated rings. The molecule has 1 rings (SSSR count). The minimum absolute atomic E-state index is 0.00596. The average Bonchev–Trinajstić information content (AvgIpc) is 2.19. The van der Waals surface area contributed by atoms with Crippen LogP contribution < -0.4 is 0 Å². The van der Waals surface area contributed by atoms with E-state index >= 15 is 0 Å². The minimum Gasteiger partial charge on any atom is -0.258 e. The van der Waals surface area contributed by atoms with Gasteiger partial charge in [0, 0.05) is 5.54 Å². The van der Waals surface area contributed by atoms with E-state index in [0.29, 0.717) is 4.24 Å². The van der Waals surface area contributed by atoms with Gasteiger partial charge >= 0.3 is 5.70 Å². The number of hydrogen-bond acceptors (Lipinski definition) is 4. The number of halogens is 2. The highest BCUT2D eigenvalue weighted by atomic mass is 35.5. The summed E-state index contributed by atoms with van der Waals surface area (Å²) >= 11 is 13.9. The van der Waals surface area contributed by atoms with Crippen LogP contribution in [0.25, 0.3) is 0 Å². The van der Waals surface area contributed by atoms with Gasteiger partial charge in [-0.3, -0.25) is 10.1 Å².